The Morgan fingerprint density at radius 1 is 1.06 bits per heavy atom. The molecule has 6 nitrogen and oxygen atoms in total. The molecule has 2 aliphatic rings. The van der Waals surface area contributed by atoms with Crippen molar-refractivity contribution in [3.63, 3.8) is 0 Å². The summed E-state index contributed by atoms with van der Waals surface area (Å²) in [5.74, 6) is 0.540. The molecule has 2 atom stereocenters. The highest BCUT2D eigenvalue weighted by atomic mass is 32.2. The van der Waals surface area contributed by atoms with Crippen LogP contribution >= 0.6 is 11.8 Å². The van der Waals surface area contributed by atoms with Gasteiger partial charge >= 0.3 is 0 Å². The number of hydrogen-bond donors (Lipinski definition) is 2. The summed E-state index contributed by atoms with van der Waals surface area (Å²) in [7, 11) is 0. The standard InChI is InChI=1S/C25H24N4O2S/c1-25(2)12-17-20(18(30)13-25)19(16-8-10-26-11-9-16)21-22(27-17)28-24(29-23(21)31)32-14-15-6-4-3-5-7-15/h3-12,19-20H,13-14H2,1-2H3,(H2,27,28,29,31). The van der Waals surface area contributed by atoms with Gasteiger partial charge < -0.3 is 10.3 Å². The van der Waals surface area contributed by atoms with Crippen LogP contribution in [0.4, 0.5) is 5.82 Å². The van der Waals surface area contributed by atoms with E-state index in [1.807, 2.05) is 42.5 Å². The molecule has 0 spiro atoms. The maximum atomic E-state index is 13.3. The molecule has 0 amide bonds. The Balaban J connectivity index is 1.59. The second-order valence-corrected chi connectivity index (χ2v) is 9.96. The van der Waals surface area contributed by atoms with Crippen molar-refractivity contribution < 1.29 is 4.79 Å². The molecule has 0 bridgehead atoms. The normalized spacial score (nSPS) is 21.2. The third-order valence-electron chi connectivity index (χ3n) is 5.98. The van der Waals surface area contributed by atoms with Gasteiger partial charge in [0.2, 0.25) is 0 Å². The highest BCUT2D eigenvalue weighted by molar-refractivity contribution is 7.98. The molecule has 1 aliphatic carbocycles. The first-order chi connectivity index (χ1) is 15.4. The second kappa shape index (κ2) is 8.06. The van der Waals surface area contributed by atoms with Crippen molar-refractivity contribution in [3.8, 4) is 0 Å². The number of H-pyrrole nitrogens is 1. The first-order valence-corrected chi connectivity index (χ1v) is 11.6. The van der Waals surface area contributed by atoms with Gasteiger partial charge in [-0.15, -0.1) is 0 Å². The van der Waals surface area contributed by atoms with Crippen LogP contribution in [-0.2, 0) is 10.5 Å². The lowest BCUT2D eigenvalue weighted by atomic mass is 9.67. The van der Waals surface area contributed by atoms with Crippen LogP contribution in [0.3, 0.4) is 0 Å². The molecule has 5 rings (SSSR count). The molecule has 2 unspecified atom stereocenters. The number of aromatic amines is 1. The molecule has 3 heterocycles. The molecule has 162 valence electrons. The van der Waals surface area contributed by atoms with Gasteiger partial charge in [-0.1, -0.05) is 62.0 Å². The van der Waals surface area contributed by atoms with Crippen LogP contribution in [0.2, 0.25) is 0 Å². The van der Waals surface area contributed by atoms with Crippen LogP contribution in [0.5, 0.6) is 0 Å². The van der Waals surface area contributed by atoms with Crippen molar-refractivity contribution in [2.75, 3.05) is 5.32 Å². The Bertz CT molecular complexity index is 1250. The number of nitrogens with one attached hydrogen (secondary N) is 2. The summed E-state index contributed by atoms with van der Waals surface area (Å²) in [5.41, 5.74) is 2.93. The van der Waals surface area contributed by atoms with E-state index in [2.05, 4.69) is 35.2 Å². The van der Waals surface area contributed by atoms with Crippen molar-refractivity contribution >= 4 is 23.4 Å². The van der Waals surface area contributed by atoms with Gasteiger partial charge in [0.15, 0.2) is 5.16 Å². The first-order valence-electron chi connectivity index (χ1n) is 10.6. The van der Waals surface area contributed by atoms with E-state index in [-0.39, 0.29) is 16.8 Å². The van der Waals surface area contributed by atoms with Crippen LogP contribution in [0, 0.1) is 11.3 Å². The van der Waals surface area contributed by atoms with E-state index in [1.54, 1.807) is 12.4 Å². The van der Waals surface area contributed by atoms with E-state index < -0.39 is 11.8 Å². The number of rotatable bonds is 4. The average Bonchev–Trinajstić information content (AvgIpc) is 2.77. The summed E-state index contributed by atoms with van der Waals surface area (Å²) in [6.07, 6.45) is 5.96. The molecular weight excluding hydrogens is 420 g/mol. The summed E-state index contributed by atoms with van der Waals surface area (Å²) in [6.45, 7) is 4.11. The number of Topliss-reactive ketones (excluding diaryl/α,β-unsaturated/α-hetero) is 1. The predicted octanol–water partition coefficient (Wildman–Crippen LogP) is 4.51. The van der Waals surface area contributed by atoms with Crippen molar-refractivity contribution in [1.29, 1.82) is 0 Å². The summed E-state index contributed by atoms with van der Waals surface area (Å²) in [5, 5.41) is 3.90. The van der Waals surface area contributed by atoms with Crippen LogP contribution in [0.15, 0.2) is 76.6 Å². The van der Waals surface area contributed by atoms with Crippen LogP contribution in [0.25, 0.3) is 0 Å². The predicted molar refractivity (Wildman–Crippen MR) is 126 cm³/mol. The molecule has 0 fully saturated rings. The van der Waals surface area contributed by atoms with Gasteiger partial charge in [-0.25, -0.2) is 4.98 Å². The summed E-state index contributed by atoms with van der Waals surface area (Å²) >= 11 is 1.48. The number of allylic oxidation sites excluding steroid dienone is 2. The minimum atomic E-state index is -0.427. The van der Waals surface area contributed by atoms with E-state index in [0.29, 0.717) is 28.7 Å². The Morgan fingerprint density at radius 2 is 1.81 bits per heavy atom. The number of nitrogens with zero attached hydrogens (tertiary/aromatic N) is 2. The van der Waals surface area contributed by atoms with E-state index >= 15 is 0 Å². The number of hydrogen-bond acceptors (Lipinski definition) is 6. The van der Waals surface area contributed by atoms with Gasteiger partial charge in [0, 0.05) is 36.2 Å². The molecule has 2 N–H and O–H groups in total. The third kappa shape index (κ3) is 3.88. The zero-order chi connectivity index (χ0) is 22.3. The SMILES string of the molecule is CC1(C)C=C2Nc3nc(SCc4ccccc4)[nH]c(=O)c3C(c3ccncc3)C2C(=O)C1. The molecule has 32 heavy (non-hydrogen) atoms. The number of carbonyl (C=O) groups is 1. The number of pyridine rings is 1. The number of fused-ring (bicyclic) bond motifs is 2. The van der Waals surface area contributed by atoms with Gasteiger partial charge in [0.25, 0.3) is 5.56 Å². The third-order valence-corrected chi connectivity index (χ3v) is 6.93. The highest BCUT2D eigenvalue weighted by Gasteiger charge is 2.45. The number of carbonyl (C=O) groups excluding carboxylic acids is 1. The lowest BCUT2D eigenvalue weighted by molar-refractivity contribution is -0.124. The molecule has 2 aromatic heterocycles. The zero-order valence-electron chi connectivity index (χ0n) is 18.0. The Labute approximate surface area is 190 Å². The molecule has 1 aliphatic heterocycles. The monoisotopic (exact) mass is 444 g/mol. The summed E-state index contributed by atoms with van der Waals surface area (Å²) < 4.78 is 0. The minimum absolute atomic E-state index is 0.134. The molecule has 0 radical (unpaired) electrons. The van der Waals surface area contributed by atoms with E-state index in [1.165, 1.54) is 11.8 Å². The first kappa shape index (κ1) is 20.7. The zero-order valence-corrected chi connectivity index (χ0v) is 18.8. The second-order valence-electron chi connectivity index (χ2n) is 9.00. The summed E-state index contributed by atoms with van der Waals surface area (Å²) in [6, 6.07) is 13.8. The quantitative estimate of drug-likeness (QED) is 0.455. The molecular formula is C25H24N4O2S. The van der Waals surface area contributed by atoms with Crippen molar-refractivity contribution in [1.82, 2.24) is 15.0 Å². The van der Waals surface area contributed by atoms with Gasteiger partial charge in [-0.2, -0.15) is 0 Å². The fourth-order valence-electron chi connectivity index (χ4n) is 4.65. The minimum Gasteiger partial charge on any atom is -0.343 e. The van der Waals surface area contributed by atoms with E-state index in [4.69, 9.17) is 4.98 Å². The van der Waals surface area contributed by atoms with Crippen molar-refractivity contribution in [3.05, 3.63) is 93.7 Å². The van der Waals surface area contributed by atoms with E-state index in [0.717, 1.165) is 16.8 Å². The number of benzene rings is 1. The Morgan fingerprint density at radius 3 is 2.56 bits per heavy atom. The van der Waals surface area contributed by atoms with E-state index in [9.17, 15) is 9.59 Å². The number of aromatic nitrogens is 3. The lowest BCUT2D eigenvalue weighted by Gasteiger charge is -2.40. The van der Waals surface area contributed by atoms with Crippen LogP contribution < -0.4 is 10.9 Å². The smallest absolute Gasteiger partial charge is 0.257 e. The van der Waals surface area contributed by atoms with Crippen LogP contribution in [-0.4, -0.2) is 20.7 Å². The number of thioether (sulfide) groups is 1. The number of anilines is 1. The summed E-state index contributed by atoms with van der Waals surface area (Å²) in [4.78, 5) is 38.3. The number of ketones is 1. The fraction of sp³-hybridized carbons (Fsp3) is 0.280. The van der Waals surface area contributed by atoms with Gasteiger partial charge in [0.1, 0.15) is 11.6 Å². The van der Waals surface area contributed by atoms with Crippen molar-refractivity contribution in [2.45, 2.75) is 37.1 Å². The Hall–Kier alpha value is -3.19. The highest BCUT2D eigenvalue weighted by Crippen LogP contribution is 2.47. The maximum Gasteiger partial charge on any atom is 0.257 e. The Kier molecular flexibility index (Phi) is 5.21. The molecule has 3 aromatic rings. The molecule has 0 saturated carbocycles. The van der Waals surface area contributed by atoms with Crippen LogP contribution in [0.1, 0.15) is 42.9 Å². The van der Waals surface area contributed by atoms with Gasteiger partial charge in [-0.05, 0) is 28.7 Å². The average molecular weight is 445 g/mol. The van der Waals surface area contributed by atoms with Gasteiger partial charge in [0.05, 0.1) is 11.5 Å². The fourth-order valence-corrected chi connectivity index (χ4v) is 5.46. The largest absolute Gasteiger partial charge is 0.343 e. The topological polar surface area (TPSA) is 87.7 Å². The lowest BCUT2D eigenvalue weighted by Crippen LogP contribution is -2.41. The van der Waals surface area contributed by atoms with Gasteiger partial charge in [-0.3, -0.25) is 14.6 Å². The molecule has 7 heteroatoms. The van der Waals surface area contributed by atoms with Crippen molar-refractivity contribution in [2.24, 2.45) is 11.3 Å². The maximum absolute atomic E-state index is 13.3. The molecule has 0 saturated heterocycles. The molecule has 1 aromatic carbocycles.